The second-order valence-electron chi connectivity index (χ2n) is 9.87. The quantitative estimate of drug-likeness (QED) is 0.258. The Bertz CT molecular complexity index is 1160. The van der Waals surface area contributed by atoms with Crippen molar-refractivity contribution in [3.05, 3.63) is 72.1 Å². The van der Waals surface area contributed by atoms with E-state index in [1.165, 1.54) is 6.33 Å². The number of nitrogens with one attached hydrogen (secondary N) is 2. The molecule has 1 unspecified atom stereocenters. The molecule has 9 heteroatoms. The summed E-state index contributed by atoms with van der Waals surface area (Å²) in [6, 6.07) is 17.3. The van der Waals surface area contributed by atoms with Gasteiger partial charge in [-0.15, -0.1) is 0 Å². The summed E-state index contributed by atoms with van der Waals surface area (Å²) in [5.41, 5.74) is 7.38. The zero-order valence-electron chi connectivity index (χ0n) is 23.9. The number of nitrogens with zero attached hydrogens (tertiary/aromatic N) is 3. The number of nitrogens with two attached hydrogens (primary N) is 1. The summed E-state index contributed by atoms with van der Waals surface area (Å²) in [7, 11) is 2.12. The Hall–Kier alpha value is -3.98. The second kappa shape index (κ2) is 15.4. The van der Waals surface area contributed by atoms with Crippen molar-refractivity contribution in [3.8, 4) is 11.5 Å². The van der Waals surface area contributed by atoms with Crippen LogP contribution in [0.25, 0.3) is 0 Å². The third-order valence-corrected chi connectivity index (χ3v) is 5.62. The van der Waals surface area contributed by atoms with Crippen LogP contribution >= 0.6 is 0 Å². The first-order valence-electron chi connectivity index (χ1n) is 13.3. The largest absolute Gasteiger partial charge is 0.462 e. The van der Waals surface area contributed by atoms with E-state index in [-0.39, 0.29) is 17.4 Å². The molecule has 9 nitrogen and oxygen atoms in total. The van der Waals surface area contributed by atoms with Gasteiger partial charge in [0.15, 0.2) is 0 Å². The Morgan fingerprint density at radius 2 is 1.72 bits per heavy atom. The fraction of sp³-hybridized carbons (Fsp3) is 0.400. The standard InChI is InChI=1S/C23H26N6O.C5H10O2.C2H6/c1-29-13-5-6-17(14-29)28-23-20(22(25)26-15-27-23)21(24)16-9-11-19(12-10-16)30-18-7-3-2-4-8-18;1-5(2,3)7-4-6;1-2/h2-4,7-12,15,17,24H,5-6,13-14H2,1H3,(H3,25,26,27,28);4H,1-3H3;1-2H3. The van der Waals surface area contributed by atoms with Crippen molar-refractivity contribution < 1.29 is 14.3 Å². The van der Waals surface area contributed by atoms with Gasteiger partial charge in [0.2, 0.25) is 0 Å². The Morgan fingerprint density at radius 1 is 1.08 bits per heavy atom. The van der Waals surface area contributed by atoms with Crippen molar-refractivity contribution in [2.75, 3.05) is 31.2 Å². The van der Waals surface area contributed by atoms with Crippen LogP contribution in [0.4, 0.5) is 11.6 Å². The maximum atomic E-state index is 9.60. The van der Waals surface area contributed by atoms with Crippen molar-refractivity contribution in [1.29, 1.82) is 5.41 Å². The van der Waals surface area contributed by atoms with E-state index in [4.69, 9.17) is 15.9 Å². The minimum atomic E-state index is -0.318. The number of ether oxygens (including phenoxy) is 2. The summed E-state index contributed by atoms with van der Waals surface area (Å²) in [5.74, 6) is 2.38. The zero-order valence-corrected chi connectivity index (χ0v) is 23.9. The highest BCUT2D eigenvalue weighted by molar-refractivity contribution is 6.16. The minimum Gasteiger partial charge on any atom is -0.462 e. The number of likely N-dealkylation sites (N-methyl/N-ethyl adjacent to an activating group) is 1. The second-order valence-corrected chi connectivity index (χ2v) is 9.87. The maximum absolute atomic E-state index is 9.60. The summed E-state index contributed by atoms with van der Waals surface area (Å²) < 4.78 is 10.4. The van der Waals surface area contributed by atoms with Crippen LogP contribution in [-0.2, 0) is 9.53 Å². The number of hydrogen-bond donors (Lipinski definition) is 3. The van der Waals surface area contributed by atoms with Gasteiger partial charge in [0, 0.05) is 18.2 Å². The van der Waals surface area contributed by atoms with Crippen LogP contribution in [0.2, 0.25) is 0 Å². The third-order valence-electron chi connectivity index (χ3n) is 5.62. The molecule has 1 aliphatic rings. The lowest BCUT2D eigenvalue weighted by Gasteiger charge is -2.31. The lowest BCUT2D eigenvalue weighted by Crippen LogP contribution is -2.40. The molecule has 1 saturated heterocycles. The van der Waals surface area contributed by atoms with Crippen molar-refractivity contribution in [1.82, 2.24) is 14.9 Å². The van der Waals surface area contributed by atoms with Crippen LogP contribution in [-0.4, -0.2) is 58.8 Å². The van der Waals surface area contributed by atoms with Gasteiger partial charge in [0.05, 0.1) is 11.3 Å². The number of anilines is 2. The first kappa shape index (κ1) is 31.2. The first-order valence-corrected chi connectivity index (χ1v) is 13.3. The topological polar surface area (TPSA) is 126 Å². The number of nitrogen functional groups attached to an aromatic ring is 1. The molecule has 39 heavy (non-hydrogen) atoms. The molecule has 0 radical (unpaired) electrons. The third kappa shape index (κ3) is 10.4. The molecule has 2 heterocycles. The molecule has 0 amide bonds. The van der Waals surface area contributed by atoms with Crippen LogP contribution in [0, 0.1) is 5.41 Å². The summed E-state index contributed by atoms with van der Waals surface area (Å²) in [4.78, 5) is 20.4. The molecule has 1 aromatic heterocycles. The van der Waals surface area contributed by atoms with Gasteiger partial charge >= 0.3 is 0 Å². The predicted octanol–water partition coefficient (Wildman–Crippen LogP) is 5.76. The fourth-order valence-electron chi connectivity index (χ4n) is 3.84. The fourth-order valence-corrected chi connectivity index (χ4v) is 3.84. The van der Waals surface area contributed by atoms with Gasteiger partial charge < -0.3 is 25.4 Å². The molecule has 2 aromatic carbocycles. The summed E-state index contributed by atoms with van der Waals surface area (Å²) in [6.45, 7) is 12.0. The molecule has 4 rings (SSSR count). The number of likely N-dealkylation sites (tertiary alicyclic amines) is 1. The highest BCUT2D eigenvalue weighted by Crippen LogP contribution is 2.26. The van der Waals surface area contributed by atoms with Gasteiger partial charge in [-0.2, -0.15) is 0 Å². The van der Waals surface area contributed by atoms with Crippen LogP contribution in [0.3, 0.4) is 0 Å². The predicted molar refractivity (Wildman–Crippen MR) is 158 cm³/mol. The normalized spacial score (nSPS) is 15.0. The van der Waals surface area contributed by atoms with E-state index in [1.807, 2.05) is 89.2 Å². The van der Waals surface area contributed by atoms with Gasteiger partial charge in [0.1, 0.15) is 35.1 Å². The van der Waals surface area contributed by atoms with Gasteiger partial charge in [-0.05, 0) is 83.6 Å². The lowest BCUT2D eigenvalue weighted by atomic mass is 10.0. The summed E-state index contributed by atoms with van der Waals surface area (Å²) in [6.07, 6.45) is 3.63. The molecule has 4 N–H and O–H groups in total. The van der Waals surface area contributed by atoms with Crippen molar-refractivity contribution in [3.63, 3.8) is 0 Å². The molecule has 0 spiro atoms. The van der Waals surface area contributed by atoms with E-state index < -0.39 is 0 Å². The summed E-state index contributed by atoms with van der Waals surface area (Å²) in [5, 5.41) is 12.2. The van der Waals surface area contributed by atoms with Crippen LogP contribution in [0.5, 0.6) is 11.5 Å². The Kier molecular flexibility index (Phi) is 12.4. The van der Waals surface area contributed by atoms with Crippen LogP contribution in [0.1, 0.15) is 58.6 Å². The SMILES string of the molecule is CC.CC(C)(C)OC=O.CN1CCCC(Nc2ncnc(N)c2C(=N)c2ccc(Oc3ccccc3)cc2)C1. The molecule has 0 aliphatic carbocycles. The van der Waals surface area contributed by atoms with Gasteiger partial charge in [0.25, 0.3) is 6.47 Å². The number of para-hydroxylation sites is 1. The maximum Gasteiger partial charge on any atom is 0.293 e. The Morgan fingerprint density at radius 3 is 2.28 bits per heavy atom. The monoisotopic (exact) mass is 534 g/mol. The number of piperidine rings is 1. The van der Waals surface area contributed by atoms with Gasteiger partial charge in [-0.25, -0.2) is 9.97 Å². The molecule has 1 atom stereocenters. The molecule has 0 bridgehead atoms. The van der Waals surface area contributed by atoms with E-state index in [2.05, 4.69) is 32.0 Å². The minimum absolute atomic E-state index is 0.270. The van der Waals surface area contributed by atoms with E-state index in [1.54, 1.807) is 0 Å². The number of carbonyl (C=O) groups is 1. The molecule has 1 aliphatic heterocycles. The average molecular weight is 535 g/mol. The van der Waals surface area contributed by atoms with Crippen molar-refractivity contribution in [2.24, 2.45) is 0 Å². The smallest absolute Gasteiger partial charge is 0.293 e. The Labute approximate surface area is 232 Å². The summed E-state index contributed by atoms with van der Waals surface area (Å²) >= 11 is 0. The first-order chi connectivity index (χ1) is 18.7. The van der Waals surface area contributed by atoms with E-state index >= 15 is 0 Å². The van der Waals surface area contributed by atoms with E-state index in [0.717, 1.165) is 37.2 Å². The van der Waals surface area contributed by atoms with Crippen LogP contribution < -0.4 is 15.8 Å². The molecular weight excluding hydrogens is 492 g/mol. The number of hydrogen-bond acceptors (Lipinski definition) is 9. The molecular formula is C30H42N6O3. The number of benzene rings is 2. The highest BCUT2D eigenvalue weighted by Gasteiger charge is 2.22. The zero-order chi connectivity index (χ0) is 28.8. The molecule has 3 aromatic rings. The van der Waals surface area contributed by atoms with E-state index in [9.17, 15) is 4.79 Å². The van der Waals surface area contributed by atoms with Crippen molar-refractivity contribution in [2.45, 2.75) is 59.1 Å². The average Bonchev–Trinajstić information content (AvgIpc) is 2.90. The van der Waals surface area contributed by atoms with Crippen LogP contribution in [0.15, 0.2) is 60.9 Å². The lowest BCUT2D eigenvalue weighted by molar-refractivity contribution is -0.138. The van der Waals surface area contributed by atoms with Gasteiger partial charge in [-0.1, -0.05) is 32.0 Å². The molecule has 0 saturated carbocycles. The Balaban J connectivity index is 0.000000517. The molecule has 210 valence electrons. The van der Waals surface area contributed by atoms with E-state index in [0.29, 0.717) is 29.4 Å². The number of carbonyl (C=O) groups excluding carboxylic acids is 1. The highest BCUT2D eigenvalue weighted by atomic mass is 16.5. The van der Waals surface area contributed by atoms with Gasteiger partial charge in [-0.3, -0.25) is 10.2 Å². The van der Waals surface area contributed by atoms with Crippen molar-refractivity contribution >= 4 is 23.8 Å². The number of aromatic nitrogens is 2. The number of rotatable bonds is 7. The molecule has 1 fully saturated rings.